The van der Waals surface area contributed by atoms with E-state index in [1.807, 2.05) is 71.9 Å². The Morgan fingerprint density at radius 3 is 2.33 bits per heavy atom. The monoisotopic (exact) mass is 408 g/mol. The molecule has 0 aromatic heterocycles. The second-order valence-electron chi connectivity index (χ2n) is 8.34. The van der Waals surface area contributed by atoms with Gasteiger partial charge in [0.25, 0.3) is 0 Å². The quantitative estimate of drug-likeness (QED) is 0.410. The van der Waals surface area contributed by atoms with E-state index in [9.17, 15) is 9.18 Å². The molecule has 0 saturated carbocycles. The lowest BCUT2D eigenvalue weighted by atomic mass is 9.93. The molecule has 0 aliphatic rings. The number of hydrogen-bond acceptors (Lipinski definition) is 2. The Labute approximate surface area is 180 Å². The van der Waals surface area contributed by atoms with Crippen LogP contribution in [0, 0.1) is 19.7 Å². The summed E-state index contributed by atoms with van der Waals surface area (Å²) in [5.74, 6) is -0.330. The Morgan fingerprint density at radius 2 is 1.73 bits per heavy atom. The van der Waals surface area contributed by atoms with E-state index in [4.69, 9.17) is 0 Å². The highest BCUT2D eigenvalue weighted by molar-refractivity contribution is 5.97. The number of rotatable bonds is 7. The van der Waals surface area contributed by atoms with Gasteiger partial charge in [-0.1, -0.05) is 23.8 Å². The maximum Gasteiger partial charge on any atom is 0.247 e. The zero-order chi connectivity index (χ0) is 22.4. The lowest BCUT2D eigenvalue weighted by Gasteiger charge is -2.14. The Kier molecular flexibility index (Phi) is 7.99. The molecule has 0 aliphatic heterocycles. The van der Waals surface area contributed by atoms with Crippen LogP contribution in [0.15, 0.2) is 47.6 Å². The summed E-state index contributed by atoms with van der Waals surface area (Å²) in [6, 6.07) is 9.35. The highest BCUT2D eigenvalue weighted by atomic mass is 19.1. The Balaban J connectivity index is 2.31. The minimum atomic E-state index is -0.254. The van der Waals surface area contributed by atoms with Crippen LogP contribution in [0.4, 0.5) is 10.1 Å². The highest BCUT2D eigenvalue weighted by Crippen LogP contribution is 2.31. The first-order chi connectivity index (χ1) is 14.1. The fraction of sp³-hybridized carbons (Fsp3) is 0.346. The molecule has 0 spiro atoms. The highest BCUT2D eigenvalue weighted by Gasteiger charge is 2.12. The van der Waals surface area contributed by atoms with Crippen LogP contribution >= 0.6 is 0 Å². The van der Waals surface area contributed by atoms with Crippen LogP contribution in [-0.4, -0.2) is 18.5 Å². The van der Waals surface area contributed by atoms with Gasteiger partial charge in [-0.3, -0.25) is 4.79 Å². The molecule has 2 rings (SSSR count). The standard InChI is InChI=1S/C26H33FN2O/c1-16(2)10-11-28-22-8-9-23(25(27)15-22)24-14-18(5)21(12-19(24)6)13-20(7)26(30)29-17(3)4/h8-10,12-15,17,28H,11H2,1-7H3,(H,29,30). The van der Waals surface area contributed by atoms with Crippen LogP contribution in [-0.2, 0) is 4.79 Å². The van der Waals surface area contributed by atoms with Gasteiger partial charge in [-0.05, 0) is 95.0 Å². The SMILES string of the molecule is CC(C)=CCNc1ccc(-c2cc(C)c(C=C(C)C(=O)NC(C)C)cc2C)c(F)c1. The molecule has 2 aromatic carbocycles. The molecule has 2 aromatic rings. The summed E-state index contributed by atoms with van der Waals surface area (Å²) in [6.07, 6.45) is 3.95. The van der Waals surface area contributed by atoms with Crippen molar-refractivity contribution < 1.29 is 9.18 Å². The topological polar surface area (TPSA) is 41.1 Å². The number of allylic oxidation sites excluding steroid dienone is 1. The molecule has 0 unspecified atom stereocenters. The number of anilines is 1. The zero-order valence-corrected chi connectivity index (χ0v) is 19.1. The predicted octanol–water partition coefficient (Wildman–Crippen LogP) is 6.42. The lowest BCUT2D eigenvalue weighted by molar-refractivity contribution is -0.117. The van der Waals surface area contributed by atoms with Gasteiger partial charge >= 0.3 is 0 Å². The third-order valence-corrected chi connectivity index (χ3v) is 4.84. The van der Waals surface area contributed by atoms with Crippen LogP contribution in [0.5, 0.6) is 0 Å². The van der Waals surface area contributed by atoms with E-state index in [-0.39, 0.29) is 17.8 Å². The van der Waals surface area contributed by atoms with E-state index < -0.39 is 0 Å². The van der Waals surface area contributed by atoms with E-state index in [2.05, 4.69) is 16.7 Å². The average Bonchev–Trinajstić information content (AvgIpc) is 2.64. The van der Waals surface area contributed by atoms with Gasteiger partial charge in [0, 0.05) is 29.4 Å². The molecule has 0 heterocycles. The molecule has 0 saturated heterocycles. The van der Waals surface area contributed by atoms with Gasteiger partial charge in [0.1, 0.15) is 5.82 Å². The molecule has 0 atom stereocenters. The summed E-state index contributed by atoms with van der Waals surface area (Å²) in [5.41, 5.74) is 7.00. The van der Waals surface area contributed by atoms with Crippen LogP contribution in [0.3, 0.4) is 0 Å². The van der Waals surface area contributed by atoms with E-state index in [0.29, 0.717) is 17.7 Å². The van der Waals surface area contributed by atoms with Gasteiger partial charge in [-0.25, -0.2) is 4.39 Å². The predicted molar refractivity (Wildman–Crippen MR) is 126 cm³/mol. The lowest BCUT2D eigenvalue weighted by Crippen LogP contribution is -2.30. The molecule has 0 radical (unpaired) electrons. The number of amides is 1. The number of carbonyl (C=O) groups excluding carboxylic acids is 1. The largest absolute Gasteiger partial charge is 0.381 e. The maximum atomic E-state index is 14.9. The molecular weight excluding hydrogens is 375 g/mol. The zero-order valence-electron chi connectivity index (χ0n) is 19.1. The molecule has 4 heteroatoms. The first-order valence-corrected chi connectivity index (χ1v) is 10.4. The first-order valence-electron chi connectivity index (χ1n) is 10.4. The summed E-state index contributed by atoms with van der Waals surface area (Å²) in [7, 11) is 0. The number of hydrogen-bond donors (Lipinski definition) is 2. The number of aryl methyl sites for hydroxylation is 2. The molecule has 3 nitrogen and oxygen atoms in total. The second kappa shape index (κ2) is 10.2. The van der Waals surface area contributed by atoms with Crippen LogP contribution in [0.1, 0.15) is 51.3 Å². The molecule has 30 heavy (non-hydrogen) atoms. The van der Waals surface area contributed by atoms with Crippen molar-refractivity contribution >= 4 is 17.7 Å². The van der Waals surface area contributed by atoms with Gasteiger partial charge in [-0.2, -0.15) is 0 Å². The van der Waals surface area contributed by atoms with Crippen LogP contribution in [0.25, 0.3) is 17.2 Å². The third kappa shape index (κ3) is 6.31. The van der Waals surface area contributed by atoms with Crippen molar-refractivity contribution in [2.24, 2.45) is 0 Å². The second-order valence-corrected chi connectivity index (χ2v) is 8.34. The Morgan fingerprint density at radius 1 is 1.03 bits per heavy atom. The minimum absolute atomic E-state index is 0.0756. The van der Waals surface area contributed by atoms with Crippen molar-refractivity contribution in [1.29, 1.82) is 0 Å². The van der Waals surface area contributed by atoms with Gasteiger partial charge < -0.3 is 10.6 Å². The van der Waals surface area contributed by atoms with Gasteiger partial charge in [0.05, 0.1) is 0 Å². The number of carbonyl (C=O) groups is 1. The molecule has 2 N–H and O–H groups in total. The fourth-order valence-electron chi connectivity index (χ4n) is 3.18. The van der Waals surface area contributed by atoms with Crippen molar-refractivity contribution in [1.82, 2.24) is 5.32 Å². The summed E-state index contributed by atoms with van der Waals surface area (Å²) in [5, 5.41) is 6.12. The Hall–Kier alpha value is -2.88. The normalized spacial score (nSPS) is 11.4. The van der Waals surface area contributed by atoms with Gasteiger partial charge in [-0.15, -0.1) is 0 Å². The molecule has 0 bridgehead atoms. The van der Waals surface area contributed by atoms with Crippen molar-refractivity contribution in [3.8, 4) is 11.1 Å². The molecular formula is C26H33FN2O. The number of benzene rings is 2. The summed E-state index contributed by atoms with van der Waals surface area (Å²) in [4.78, 5) is 12.2. The van der Waals surface area contributed by atoms with Crippen LogP contribution < -0.4 is 10.6 Å². The van der Waals surface area contributed by atoms with E-state index >= 15 is 0 Å². The van der Waals surface area contributed by atoms with Gasteiger partial charge in [0.2, 0.25) is 5.91 Å². The number of halogens is 1. The summed E-state index contributed by atoms with van der Waals surface area (Å²) >= 11 is 0. The van der Waals surface area contributed by atoms with Crippen molar-refractivity contribution in [3.63, 3.8) is 0 Å². The van der Waals surface area contributed by atoms with Crippen LogP contribution in [0.2, 0.25) is 0 Å². The third-order valence-electron chi connectivity index (χ3n) is 4.84. The molecule has 1 amide bonds. The minimum Gasteiger partial charge on any atom is -0.381 e. The fourth-order valence-corrected chi connectivity index (χ4v) is 3.18. The number of nitrogens with one attached hydrogen (secondary N) is 2. The molecule has 0 aliphatic carbocycles. The maximum absolute atomic E-state index is 14.9. The molecule has 160 valence electrons. The average molecular weight is 409 g/mol. The van der Waals surface area contributed by atoms with E-state index in [0.717, 1.165) is 27.9 Å². The Bertz CT molecular complexity index is 983. The van der Waals surface area contributed by atoms with Crippen molar-refractivity contribution in [2.75, 3.05) is 11.9 Å². The van der Waals surface area contributed by atoms with Gasteiger partial charge in [0.15, 0.2) is 0 Å². The van der Waals surface area contributed by atoms with E-state index in [1.54, 1.807) is 6.92 Å². The first kappa shape index (κ1) is 23.4. The van der Waals surface area contributed by atoms with E-state index in [1.165, 1.54) is 11.6 Å². The summed E-state index contributed by atoms with van der Waals surface area (Å²) < 4.78 is 14.9. The summed E-state index contributed by atoms with van der Waals surface area (Å²) in [6.45, 7) is 14.4. The molecule has 0 fully saturated rings. The van der Waals surface area contributed by atoms with Crippen molar-refractivity contribution in [2.45, 2.75) is 54.5 Å². The smallest absolute Gasteiger partial charge is 0.247 e. The van der Waals surface area contributed by atoms with Crippen molar-refractivity contribution in [3.05, 3.63) is 70.1 Å².